The Morgan fingerprint density at radius 2 is 2.15 bits per heavy atom. The van der Waals surface area contributed by atoms with E-state index in [1.165, 1.54) is 5.56 Å². The maximum Gasteiger partial charge on any atom is 0.164 e. The number of carbonyl (C=O) groups is 1. The molecule has 0 aliphatic carbocycles. The van der Waals surface area contributed by atoms with Crippen molar-refractivity contribution in [3.05, 3.63) is 53.2 Å². The summed E-state index contributed by atoms with van der Waals surface area (Å²) in [5, 5.41) is 0. The number of pyridine rings is 1. The molecular formula is C17H18N2O. The number of rotatable bonds is 3. The summed E-state index contributed by atoms with van der Waals surface area (Å²) in [4.78, 5) is 18.8. The van der Waals surface area contributed by atoms with Crippen molar-refractivity contribution in [2.45, 2.75) is 26.7 Å². The fourth-order valence-electron chi connectivity index (χ4n) is 2.72. The van der Waals surface area contributed by atoms with Crippen LogP contribution in [0.1, 0.15) is 34.8 Å². The summed E-state index contributed by atoms with van der Waals surface area (Å²) >= 11 is 0. The van der Waals surface area contributed by atoms with Gasteiger partial charge in [0.05, 0.1) is 5.69 Å². The van der Waals surface area contributed by atoms with Gasteiger partial charge in [-0.2, -0.15) is 0 Å². The molecule has 2 heterocycles. The highest BCUT2D eigenvalue weighted by Gasteiger charge is 2.26. The highest BCUT2D eigenvalue weighted by Crippen LogP contribution is 2.37. The van der Waals surface area contributed by atoms with Gasteiger partial charge in [-0.3, -0.25) is 4.79 Å². The van der Waals surface area contributed by atoms with E-state index in [1.54, 1.807) is 0 Å². The summed E-state index contributed by atoms with van der Waals surface area (Å²) < 4.78 is 0. The zero-order valence-electron chi connectivity index (χ0n) is 11.9. The molecule has 0 saturated heterocycles. The van der Waals surface area contributed by atoms with Crippen molar-refractivity contribution >= 4 is 17.3 Å². The summed E-state index contributed by atoms with van der Waals surface area (Å²) in [6, 6.07) is 10.1. The molecule has 1 aromatic carbocycles. The first-order valence-corrected chi connectivity index (χ1v) is 7.06. The van der Waals surface area contributed by atoms with Gasteiger partial charge in [-0.25, -0.2) is 4.98 Å². The van der Waals surface area contributed by atoms with Gasteiger partial charge in [0.15, 0.2) is 5.78 Å². The van der Waals surface area contributed by atoms with Crippen LogP contribution in [-0.4, -0.2) is 17.3 Å². The van der Waals surface area contributed by atoms with Gasteiger partial charge >= 0.3 is 0 Å². The Hall–Kier alpha value is -2.16. The predicted molar refractivity (Wildman–Crippen MR) is 80.7 cm³/mol. The van der Waals surface area contributed by atoms with Gasteiger partial charge in [0.2, 0.25) is 0 Å². The number of aryl methyl sites for hydroxylation is 1. The summed E-state index contributed by atoms with van der Waals surface area (Å²) in [5.41, 5.74) is 4.26. The van der Waals surface area contributed by atoms with Crippen LogP contribution in [0, 0.1) is 6.92 Å². The Bertz CT molecular complexity index is 647. The molecular weight excluding hydrogens is 248 g/mol. The van der Waals surface area contributed by atoms with E-state index in [9.17, 15) is 4.79 Å². The minimum absolute atomic E-state index is 0.195. The predicted octanol–water partition coefficient (Wildman–Crippen LogP) is 3.68. The molecule has 3 rings (SSSR count). The molecule has 0 unspecified atom stereocenters. The molecule has 1 aromatic heterocycles. The van der Waals surface area contributed by atoms with E-state index in [0.29, 0.717) is 6.42 Å². The summed E-state index contributed by atoms with van der Waals surface area (Å²) in [7, 11) is 0. The first-order valence-electron chi connectivity index (χ1n) is 7.06. The van der Waals surface area contributed by atoms with Crippen molar-refractivity contribution in [3.8, 4) is 0 Å². The Morgan fingerprint density at radius 1 is 1.30 bits per heavy atom. The Labute approximate surface area is 119 Å². The van der Waals surface area contributed by atoms with Crippen LogP contribution in [0.5, 0.6) is 0 Å². The van der Waals surface area contributed by atoms with Crippen molar-refractivity contribution < 1.29 is 4.79 Å². The molecule has 0 bridgehead atoms. The number of Topliss-reactive ketones (excluding diaryl/α,β-unsaturated/α-hetero) is 1. The molecule has 3 heteroatoms. The van der Waals surface area contributed by atoms with Crippen LogP contribution in [0.4, 0.5) is 11.5 Å². The molecule has 0 spiro atoms. The van der Waals surface area contributed by atoms with Crippen LogP contribution in [0.2, 0.25) is 0 Å². The minimum Gasteiger partial charge on any atom is -0.325 e. The Kier molecular flexibility index (Phi) is 3.26. The van der Waals surface area contributed by atoms with Crippen LogP contribution in [-0.2, 0) is 6.42 Å². The Morgan fingerprint density at radius 3 is 2.85 bits per heavy atom. The lowest BCUT2D eigenvalue weighted by Crippen LogP contribution is -2.17. The van der Waals surface area contributed by atoms with E-state index in [1.807, 2.05) is 38.2 Å². The van der Waals surface area contributed by atoms with E-state index in [0.717, 1.165) is 35.6 Å². The van der Waals surface area contributed by atoms with Gasteiger partial charge in [0.1, 0.15) is 5.82 Å². The maximum atomic E-state index is 12.2. The van der Waals surface area contributed by atoms with Gasteiger partial charge in [-0.15, -0.1) is 0 Å². The van der Waals surface area contributed by atoms with Gasteiger partial charge in [-0.1, -0.05) is 25.1 Å². The van der Waals surface area contributed by atoms with Crippen LogP contribution in [0.25, 0.3) is 0 Å². The molecule has 3 nitrogen and oxygen atoms in total. The second-order valence-electron chi connectivity index (χ2n) is 5.19. The molecule has 0 atom stereocenters. The van der Waals surface area contributed by atoms with Gasteiger partial charge in [-0.05, 0) is 36.6 Å². The summed E-state index contributed by atoms with van der Waals surface area (Å²) in [6.07, 6.45) is 3.37. The second-order valence-corrected chi connectivity index (χ2v) is 5.19. The standard InChI is InChI=1S/C17H18N2O/c1-3-15(20)14-6-4-5-13-9-10-19(17(13)14)16-8-7-12(2)11-18-16/h4-8,11H,3,9-10H2,1-2H3. The van der Waals surface area contributed by atoms with Crippen molar-refractivity contribution in [2.24, 2.45) is 0 Å². The number of aromatic nitrogens is 1. The lowest BCUT2D eigenvalue weighted by molar-refractivity contribution is 0.0989. The normalized spacial score (nSPS) is 13.4. The highest BCUT2D eigenvalue weighted by molar-refractivity contribution is 6.03. The molecule has 1 aliphatic heterocycles. The third-order valence-corrected chi connectivity index (χ3v) is 3.79. The third kappa shape index (κ3) is 2.09. The van der Waals surface area contributed by atoms with E-state index in [2.05, 4.69) is 22.0 Å². The fraction of sp³-hybridized carbons (Fsp3) is 0.294. The van der Waals surface area contributed by atoms with E-state index in [4.69, 9.17) is 0 Å². The number of hydrogen-bond donors (Lipinski definition) is 0. The minimum atomic E-state index is 0.195. The molecule has 0 fully saturated rings. The average Bonchev–Trinajstić information content (AvgIpc) is 2.91. The molecule has 0 amide bonds. The molecule has 20 heavy (non-hydrogen) atoms. The maximum absolute atomic E-state index is 12.2. The lowest BCUT2D eigenvalue weighted by atomic mass is 10.0. The number of hydrogen-bond acceptors (Lipinski definition) is 3. The number of para-hydroxylation sites is 1. The SMILES string of the molecule is CCC(=O)c1cccc2c1N(c1ccc(C)cn1)CC2. The molecule has 0 radical (unpaired) electrons. The monoisotopic (exact) mass is 266 g/mol. The number of fused-ring (bicyclic) bond motifs is 1. The van der Waals surface area contributed by atoms with Crippen molar-refractivity contribution in [1.82, 2.24) is 4.98 Å². The van der Waals surface area contributed by atoms with Crippen LogP contribution >= 0.6 is 0 Å². The Balaban J connectivity index is 2.08. The third-order valence-electron chi connectivity index (χ3n) is 3.79. The van der Waals surface area contributed by atoms with Gasteiger partial charge < -0.3 is 4.90 Å². The summed E-state index contributed by atoms with van der Waals surface area (Å²) in [6.45, 7) is 4.82. The van der Waals surface area contributed by atoms with E-state index in [-0.39, 0.29) is 5.78 Å². The molecule has 1 aliphatic rings. The fourth-order valence-corrected chi connectivity index (χ4v) is 2.72. The average molecular weight is 266 g/mol. The van der Waals surface area contributed by atoms with Gasteiger partial charge in [0.25, 0.3) is 0 Å². The number of benzene rings is 1. The van der Waals surface area contributed by atoms with Crippen molar-refractivity contribution in [2.75, 3.05) is 11.4 Å². The quantitative estimate of drug-likeness (QED) is 0.795. The number of nitrogens with zero attached hydrogens (tertiary/aromatic N) is 2. The second kappa shape index (κ2) is 5.08. The smallest absolute Gasteiger partial charge is 0.164 e. The highest BCUT2D eigenvalue weighted by atomic mass is 16.1. The van der Waals surface area contributed by atoms with Crippen LogP contribution in [0.3, 0.4) is 0 Å². The summed E-state index contributed by atoms with van der Waals surface area (Å²) in [5.74, 6) is 1.12. The molecule has 0 N–H and O–H groups in total. The number of carbonyl (C=O) groups excluding carboxylic acids is 1. The zero-order valence-corrected chi connectivity index (χ0v) is 11.9. The van der Waals surface area contributed by atoms with E-state index < -0.39 is 0 Å². The van der Waals surface area contributed by atoms with Crippen molar-refractivity contribution in [1.29, 1.82) is 0 Å². The van der Waals surface area contributed by atoms with E-state index >= 15 is 0 Å². The lowest BCUT2D eigenvalue weighted by Gasteiger charge is -2.20. The number of ketones is 1. The topological polar surface area (TPSA) is 33.2 Å². The largest absolute Gasteiger partial charge is 0.325 e. The number of anilines is 2. The molecule has 0 saturated carbocycles. The molecule has 102 valence electrons. The molecule has 2 aromatic rings. The first-order chi connectivity index (χ1) is 9.70. The van der Waals surface area contributed by atoms with Crippen LogP contribution < -0.4 is 4.90 Å². The van der Waals surface area contributed by atoms with Gasteiger partial charge in [0, 0.05) is 24.7 Å². The zero-order chi connectivity index (χ0) is 14.1. The first kappa shape index (κ1) is 12.9. The van der Waals surface area contributed by atoms with Crippen LogP contribution in [0.15, 0.2) is 36.5 Å². The van der Waals surface area contributed by atoms with Crippen molar-refractivity contribution in [3.63, 3.8) is 0 Å².